The first-order valence-electron chi connectivity index (χ1n) is 6.66. The van der Waals surface area contributed by atoms with Gasteiger partial charge in [-0.25, -0.2) is 0 Å². The van der Waals surface area contributed by atoms with E-state index in [0.717, 1.165) is 27.7 Å². The second-order valence-electron chi connectivity index (χ2n) is 5.23. The third-order valence-corrected chi connectivity index (χ3v) is 4.24. The van der Waals surface area contributed by atoms with Crippen LogP contribution in [0.5, 0.6) is 0 Å². The number of aryl methyl sites for hydroxylation is 2. The molecule has 0 aliphatic carbocycles. The van der Waals surface area contributed by atoms with Crippen molar-refractivity contribution in [2.75, 3.05) is 0 Å². The molecule has 1 aromatic heterocycles. The smallest absolute Gasteiger partial charge is 0.106 e. The van der Waals surface area contributed by atoms with Crippen molar-refractivity contribution in [3.05, 3.63) is 58.1 Å². The molecule has 3 aromatic rings. The quantitative estimate of drug-likeness (QED) is 0.671. The average Bonchev–Trinajstić information content (AvgIpc) is 2.80. The minimum Gasteiger partial charge on any atom is -0.389 e. The number of fused-ring (bicyclic) bond motifs is 1. The summed E-state index contributed by atoms with van der Waals surface area (Å²) in [6.07, 6.45) is 0. The van der Waals surface area contributed by atoms with Crippen molar-refractivity contribution in [2.24, 2.45) is 5.73 Å². The van der Waals surface area contributed by atoms with Crippen molar-refractivity contribution >= 4 is 39.7 Å². The van der Waals surface area contributed by atoms with Gasteiger partial charge in [0.1, 0.15) is 4.99 Å². The summed E-state index contributed by atoms with van der Waals surface area (Å²) in [5, 5.41) is 1.63. The van der Waals surface area contributed by atoms with E-state index in [2.05, 4.69) is 37.0 Å². The Morgan fingerprint density at radius 2 is 1.86 bits per heavy atom. The van der Waals surface area contributed by atoms with E-state index >= 15 is 0 Å². The van der Waals surface area contributed by atoms with E-state index in [-0.39, 0.29) is 0 Å². The number of benzene rings is 2. The minimum atomic E-state index is 0.372. The highest BCUT2D eigenvalue weighted by atomic mass is 35.5. The highest BCUT2D eigenvalue weighted by Crippen LogP contribution is 2.32. The van der Waals surface area contributed by atoms with E-state index < -0.39 is 0 Å². The topological polar surface area (TPSA) is 41.8 Å². The SMILES string of the molecule is Cc1ccc(-c2[nH]c3ccc(Cl)cc3c2C(N)=S)cc1C. The van der Waals surface area contributed by atoms with Gasteiger partial charge in [-0.1, -0.05) is 36.0 Å². The molecular formula is C17H15ClN2S. The van der Waals surface area contributed by atoms with Crippen molar-refractivity contribution in [1.82, 2.24) is 4.98 Å². The van der Waals surface area contributed by atoms with Crippen molar-refractivity contribution in [3.8, 4) is 11.3 Å². The zero-order valence-electron chi connectivity index (χ0n) is 11.8. The summed E-state index contributed by atoms with van der Waals surface area (Å²) in [5.41, 5.74) is 12.3. The average molecular weight is 315 g/mol. The van der Waals surface area contributed by atoms with E-state index in [9.17, 15) is 0 Å². The van der Waals surface area contributed by atoms with Gasteiger partial charge in [0, 0.05) is 21.5 Å². The fourth-order valence-corrected chi connectivity index (χ4v) is 2.92. The number of nitrogens with two attached hydrogens (primary N) is 1. The van der Waals surface area contributed by atoms with Gasteiger partial charge in [-0.15, -0.1) is 0 Å². The molecule has 3 N–H and O–H groups in total. The lowest BCUT2D eigenvalue weighted by Crippen LogP contribution is -2.10. The van der Waals surface area contributed by atoms with Gasteiger partial charge in [0.15, 0.2) is 0 Å². The summed E-state index contributed by atoms with van der Waals surface area (Å²) in [6, 6.07) is 12.0. The van der Waals surface area contributed by atoms with E-state index in [1.807, 2.05) is 18.2 Å². The zero-order chi connectivity index (χ0) is 15.1. The number of hydrogen-bond acceptors (Lipinski definition) is 1. The maximum absolute atomic E-state index is 6.10. The summed E-state index contributed by atoms with van der Waals surface area (Å²) >= 11 is 11.3. The van der Waals surface area contributed by atoms with Crippen LogP contribution in [-0.2, 0) is 0 Å². The highest BCUT2D eigenvalue weighted by Gasteiger charge is 2.16. The number of thiocarbonyl (C=S) groups is 1. The van der Waals surface area contributed by atoms with Crippen molar-refractivity contribution in [2.45, 2.75) is 13.8 Å². The third-order valence-electron chi connectivity index (χ3n) is 3.80. The molecule has 0 aliphatic heterocycles. The summed E-state index contributed by atoms with van der Waals surface area (Å²) in [4.78, 5) is 3.78. The number of aromatic nitrogens is 1. The van der Waals surface area contributed by atoms with Gasteiger partial charge in [-0.3, -0.25) is 0 Å². The molecule has 21 heavy (non-hydrogen) atoms. The molecule has 0 radical (unpaired) electrons. The minimum absolute atomic E-state index is 0.372. The van der Waals surface area contributed by atoms with E-state index in [0.29, 0.717) is 10.0 Å². The van der Waals surface area contributed by atoms with Crippen LogP contribution in [-0.4, -0.2) is 9.97 Å². The third kappa shape index (κ3) is 2.43. The molecule has 0 saturated carbocycles. The molecule has 2 aromatic carbocycles. The maximum atomic E-state index is 6.10. The predicted molar refractivity (Wildman–Crippen MR) is 94.1 cm³/mol. The Morgan fingerprint density at radius 1 is 1.10 bits per heavy atom. The van der Waals surface area contributed by atoms with E-state index in [1.165, 1.54) is 11.1 Å². The molecule has 2 nitrogen and oxygen atoms in total. The standard InChI is InChI=1S/C17H15ClN2S/c1-9-3-4-11(7-10(9)2)16-15(17(19)21)13-8-12(18)5-6-14(13)20-16/h3-8,20H,1-2H3,(H2,19,21). The van der Waals surface area contributed by atoms with Crippen LogP contribution in [0.15, 0.2) is 36.4 Å². The van der Waals surface area contributed by atoms with Crippen LogP contribution >= 0.6 is 23.8 Å². The first-order chi connectivity index (χ1) is 9.97. The van der Waals surface area contributed by atoms with Crippen LogP contribution < -0.4 is 5.73 Å². The van der Waals surface area contributed by atoms with Crippen molar-refractivity contribution in [3.63, 3.8) is 0 Å². The summed E-state index contributed by atoms with van der Waals surface area (Å²) in [7, 11) is 0. The van der Waals surface area contributed by atoms with Crippen LogP contribution in [0, 0.1) is 13.8 Å². The Labute approximate surface area is 133 Å². The Kier molecular flexibility index (Phi) is 3.47. The van der Waals surface area contributed by atoms with E-state index in [1.54, 1.807) is 0 Å². The van der Waals surface area contributed by atoms with Gasteiger partial charge in [-0.05, 0) is 54.8 Å². The van der Waals surface area contributed by atoms with Crippen LogP contribution in [0.1, 0.15) is 16.7 Å². The molecule has 0 fully saturated rings. The number of rotatable bonds is 2. The molecule has 0 atom stereocenters. The zero-order valence-corrected chi connectivity index (χ0v) is 13.4. The lowest BCUT2D eigenvalue weighted by molar-refractivity contribution is 1.33. The molecule has 1 heterocycles. The number of nitrogens with one attached hydrogen (secondary N) is 1. The van der Waals surface area contributed by atoms with Gasteiger partial charge in [0.25, 0.3) is 0 Å². The van der Waals surface area contributed by atoms with Crippen molar-refractivity contribution in [1.29, 1.82) is 0 Å². The molecule has 106 valence electrons. The monoisotopic (exact) mass is 314 g/mol. The van der Waals surface area contributed by atoms with Gasteiger partial charge in [0.2, 0.25) is 0 Å². The van der Waals surface area contributed by atoms with Crippen LogP contribution in [0.4, 0.5) is 0 Å². The molecular weight excluding hydrogens is 300 g/mol. The molecule has 0 bridgehead atoms. The Balaban J connectivity index is 2.33. The summed E-state index contributed by atoms with van der Waals surface area (Å²) < 4.78 is 0. The summed E-state index contributed by atoms with van der Waals surface area (Å²) in [5.74, 6) is 0. The number of H-pyrrole nitrogens is 1. The van der Waals surface area contributed by atoms with Crippen molar-refractivity contribution < 1.29 is 0 Å². The van der Waals surface area contributed by atoms with Gasteiger partial charge in [0.05, 0.1) is 5.69 Å². The fourth-order valence-electron chi connectivity index (χ4n) is 2.53. The number of halogens is 1. The normalized spacial score (nSPS) is 11.0. The lowest BCUT2D eigenvalue weighted by Gasteiger charge is -2.06. The first kappa shape index (κ1) is 14.1. The Morgan fingerprint density at radius 3 is 2.52 bits per heavy atom. The first-order valence-corrected chi connectivity index (χ1v) is 7.44. The van der Waals surface area contributed by atoms with Crippen LogP contribution in [0.2, 0.25) is 5.02 Å². The molecule has 0 unspecified atom stereocenters. The van der Waals surface area contributed by atoms with Crippen LogP contribution in [0.3, 0.4) is 0 Å². The van der Waals surface area contributed by atoms with Gasteiger partial charge < -0.3 is 10.7 Å². The maximum Gasteiger partial charge on any atom is 0.106 e. The summed E-state index contributed by atoms with van der Waals surface area (Å²) in [6.45, 7) is 4.19. The Bertz CT molecular complexity index is 865. The molecule has 0 aliphatic rings. The second-order valence-corrected chi connectivity index (χ2v) is 6.10. The second kappa shape index (κ2) is 5.17. The fraction of sp³-hybridized carbons (Fsp3) is 0.118. The van der Waals surface area contributed by atoms with Gasteiger partial charge in [-0.2, -0.15) is 0 Å². The molecule has 0 saturated heterocycles. The lowest BCUT2D eigenvalue weighted by atomic mass is 10.0. The number of aromatic amines is 1. The van der Waals surface area contributed by atoms with Gasteiger partial charge >= 0.3 is 0 Å². The highest BCUT2D eigenvalue weighted by molar-refractivity contribution is 7.80. The largest absolute Gasteiger partial charge is 0.389 e. The molecule has 0 amide bonds. The van der Waals surface area contributed by atoms with Crippen LogP contribution in [0.25, 0.3) is 22.2 Å². The molecule has 4 heteroatoms. The molecule has 3 rings (SSSR count). The molecule has 0 spiro atoms. The Hall–Kier alpha value is -1.84. The predicted octanol–water partition coefficient (Wildman–Crippen LogP) is 4.74. The number of hydrogen-bond donors (Lipinski definition) is 2. The van der Waals surface area contributed by atoms with E-state index in [4.69, 9.17) is 29.6 Å².